The highest BCUT2D eigenvalue weighted by Crippen LogP contribution is 2.30. The van der Waals surface area contributed by atoms with Crippen molar-refractivity contribution in [3.63, 3.8) is 0 Å². The summed E-state index contributed by atoms with van der Waals surface area (Å²) in [5.41, 5.74) is 1.14. The largest absolute Gasteiger partial charge is 0.424 e. The molecule has 1 fully saturated rings. The van der Waals surface area contributed by atoms with E-state index < -0.39 is 0 Å². The highest BCUT2D eigenvalue weighted by Gasteiger charge is 2.26. The Kier molecular flexibility index (Phi) is 3.55. The number of rotatable bonds is 3. The maximum Gasteiger partial charge on any atom is 0.230 e. The molecule has 1 aliphatic heterocycles. The molecule has 0 N–H and O–H groups in total. The predicted octanol–water partition coefficient (Wildman–Crippen LogP) is 2.50. The Balaban J connectivity index is 1.77. The van der Waals surface area contributed by atoms with Crippen molar-refractivity contribution in [3.8, 4) is 0 Å². The first-order valence-corrected chi connectivity index (χ1v) is 6.77. The lowest BCUT2D eigenvalue weighted by atomic mass is 9.99. The van der Waals surface area contributed by atoms with Gasteiger partial charge < -0.3 is 4.42 Å². The molecular weight excluding hydrogens is 240 g/mol. The maximum atomic E-state index is 5.49. The third kappa shape index (κ3) is 2.81. The smallest absolute Gasteiger partial charge is 0.230 e. The fraction of sp³-hybridized carbons (Fsp3) is 0.500. The number of pyridine rings is 1. The van der Waals surface area contributed by atoms with Crippen LogP contribution in [0.1, 0.15) is 42.8 Å². The Morgan fingerprint density at radius 3 is 3.00 bits per heavy atom. The van der Waals surface area contributed by atoms with E-state index in [1.165, 1.54) is 12.8 Å². The zero-order valence-corrected chi connectivity index (χ0v) is 11.1. The van der Waals surface area contributed by atoms with E-state index in [2.05, 4.69) is 26.1 Å². The van der Waals surface area contributed by atoms with Gasteiger partial charge in [-0.3, -0.25) is 9.88 Å². The van der Waals surface area contributed by atoms with Crippen LogP contribution < -0.4 is 0 Å². The summed E-state index contributed by atoms with van der Waals surface area (Å²) in [7, 11) is 0. The molecule has 1 saturated heterocycles. The lowest BCUT2D eigenvalue weighted by Gasteiger charge is -2.34. The van der Waals surface area contributed by atoms with E-state index in [4.69, 9.17) is 4.42 Å². The van der Waals surface area contributed by atoms with E-state index in [0.717, 1.165) is 18.7 Å². The van der Waals surface area contributed by atoms with Crippen molar-refractivity contribution in [2.24, 2.45) is 0 Å². The summed E-state index contributed by atoms with van der Waals surface area (Å²) < 4.78 is 5.49. The maximum absolute atomic E-state index is 5.49. The van der Waals surface area contributed by atoms with E-state index in [1.807, 2.05) is 25.3 Å². The van der Waals surface area contributed by atoms with Crippen LogP contribution in [0.4, 0.5) is 0 Å². The Labute approximate surface area is 112 Å². The minimum absolute atomic E-state index is 0.363. The van der Waals surface area contributed by atoms with Crippen LogP contribution >= 0.6 is 0 Å². The van der Waals surface area contributed by atoms with Crippen LogP contribution in [-0.4, -0.2) is 26.6 Å². The van der Waals surface area contributed by atoms with Gasteiger partial charge in [-0.15, -0.1) is 10.2 Å². The van der Waals surface area contributed by atoms with E-state index >= 15 is 0 Å². The number of likely N-dealkylation sites (tertiary alicyclic amines) is 1. The third-order valence-electron chi connectivity index (χ3n) is 3.55. The molecule has 3 rings (SSSR count). The SMILES string of the molecule is Cc1nnc(CN2CCCC[C@H]2c2ccccn2)o1. The van der Waals surface area contributed by atoms with Gasteiger partial charge in [0.2, 0.25) is 11.8 Å². The highest BCUT2D eigenvalue weighted by molar-refractivity contribution is 5.10. The van der Waals surface area contributed by atoms with Gasteiger partial charge in [0.25, 0.3) is 0 Å². The molecule has 0 unspecified atom stereocenters. The van der Waals surface area contributed by atoms with E-state index in [-0.39, 0.29) is 0 Å². The average molecular weight is 258 g/mol. The molecule has 2 aromatic heterocycles. The summed E-state index contributed by atoms with van der Waals surface area (Å²) in [4.78, 5) is 6.88. The van der Waals surface area contributed by atoms with Gasteiger partial charge in [0.1, 0.15) is 0 Å². The van der Waals surface area contributed by atoms with Crippen molar-refractivity contribution < 1.29 is 4.42 Å². The molecule has 0 aromatic carbocycles. The molecule has 0 bridgehead atoms. The molecule has 0 amide bonds. The first-order valence-electron chi connectivity index (χ1n) is 6.77. The van der Waals surface area contributed by atoms with Gasteiger partial charge >= 0.3 is 0 Å². The fourth-order valence-corrected chi connectivity index (χ4v) is 2.66. The molecular formula is C14H18N4O. The lowest BCUT2D eigenvalue weighted by Crippen LogP contribution is -2.33. The average Bonchev–Trinajstić information content (AvgIpc) is 2.86. The Morgan fingerprint density at radius 1 is 1.32 bits per heavy atom. The predicted molar refractivity (Wildman–Crippen MR) is 70.3 cm³/mol. The number of nitrogens with zero attached hydrogens (tertiary/aromatic N) is 4. The van der Waals surface area contributed by atoms with Crippen molar-refractivity contribution >= 4 is 0 Å². The van der Waals surface area contributed by atoms with Crippen molar-refractivity contribution in [1.82, 2.24) is 20.1 Å². The number of aryl methyl sites for hydroxylation is 1. The number of aromatic nitrogens is 3. The van der Waals surface area contributed by atoms with Crippen molar-refractivity contribution in [1.29, 1.82) is 0 Å². The minimum Gasteiger partial charge on any atom is -0.424 e. The molecule has 100 valence electrons. The summed E-state index contributed by atoms with van der Waals surface area (Å²) in [5, 5.41) is 7.98. The highest BCUT2D eigenvalue weighted by atomic mass is 16.4. The van der Waals surface area contributed by atoms with Crippen molar-refractivity contribution in [2.45, 2.75) is 38.8 Å². The second-order valence-corrected chi connectivity index (χ2v) is 4.95. The van der Waals surface area contributed by atoms with Gasteiger partial charge in [0.15, 0.2) is 0 Å². The summed E-state index contributed by atoms with van der Waals surface area (Å²) in [6.07, 6.45) is 5.47. The monoisotopic (exact) mass is 258 g/mol. The first kappa shape index (κ1) is 12.3. The molecule has 5 heteroatoms. The summed E-state index contributed by atoms with van der Waals surface area (Å²) in [6.45, 7) is 3.59. The van der Waals surface area contributed by atoms with Crippen LogP contribution in [0.15, 0.2) is 28.8 Å². The molecule has 1 aliphatic rings. The topological polar surface area (TPSA) is 55.1 Å². The number of hydrogen-bond donors (Lipinski definition) is 0. The number of piperidine rings is 1. The van der Waals surface area contributed by atoms with Crippen LogP contribution in [0.3, 0.4) is 0 Å². The summed E-state index contributed by atoms with van der Waals surface area (Å²) >= 11 is 0. The van der Waals surface area contributed by atoms with Crippen LogP contribution in [0.2, 0.25) is 0 Å². The Hall–Kier alpha value is -1.75. The molecule has 1 atom stereocenters. The Morgan fingerprint density at radius 2 is 2.26 bits per heavy atom. The second-order valence-electron chi connectivity index (χ2n) is 4.95. The molecule has 2 aromatic rings. The minimum atomic E-state index is 0.363. The van der Waals surface area contributed by atoms with Gasteiger partial charge in [-0.1, -0.05) is 12.5 Å². The van der Waals surface area contributed by atoms with Gasteiger partial charge in [-0.05, 0) is 31.5 Å². The fourth-order valence-electron chi connectivity index (χ4n) is 2.66. The molecule has 19 heavy (non-hydrogen) atoms. The zero-order chi connectivity index (χ0) is 13.1. The molecule has 3 heterocycles. The van der Waals surface area contributed by atoms with Gasteiger partial charge in [0.05, 0.1) is 18.3 Å². The number of hydrogen-bond acceptors (Lipinski definition) is 5. The zero-order valence-electron chi connectivity index (χ0n) is 11.1. The van der Waals surface area contributed by atoms with Crippen LogP contribution in [-0.2, 0) is 6.54 Å². The van der Waals surface area contributed by atoms with Gasteiger partial charge in [-0.2, -0.15) is 0 Å². The van der Waals surface area contributed by atoms with Gasteiger partial charge in [0, 0.05) is 13.1 Å². The normalized spacial score (nSPS) is 20.6. The van der Waals surface area contributed by atoms with E-state index in [9.17, 15) is 0 Å². The molecule has 0 aliphatic carbocycles. The van der Waals surface area contributed by atoms with Gasteiger partial charge in [-0.25, -0.2) is 0 Å². The van der Waals surface area contributed by atoms with E-state index in [0.29, 0.717) is 24.4 Å². The Bertz CT molecular complexity index is 525. The van der Waals surface area contributed by atoms with Crippen LogP contribution in [0.5, 0.6) is 0 Å². The lowest BCUT2D eigenvalue weighted by molar-refractivity contribution is 0.124. The van der Waals surface area contributed by atoms with Crippen LogP contribution in [0, 0.1) is 6.92 Å². The summed E-state index contributed by atoms with van der Waals surface area (Å²) in [6, 6.07) is 6.47. The van der Waals surface area contributed by atoms with Crippen LogP contribution in [0.25, 0.3) is 0 Å². The molecule has 5 nitrogen and oxygen atoms in total. The second kappa shape index (κ2) is 5.48. The first-order chi connectivity index (χ1) is 9.33. The standard InChI is InChI=1S/C14H18N4O/c1-11-16-17-14(19-11)10-18-9-5-3-7-13(18)12-6-2-4-8-15-12/h2,4,6,8,13H,3,5,7,9-10H2,1H3/t13-/m0/s1. The van der Waals surface area contributed by atoms with Crippen molar-refractivity contribution in [3.05, 3.63) is 41.9 Å². The molecule has 0 saturated carbocycles. The molecule has 0 spiro atoms. The van der Waals surface area contributed by atoms with E-state index in [1.54, 1.807) is 0 Å². The quantitative estimate of drug-likeness (QED) is 0.846. The van der Waals surface area contributed by atoms with Crippen molar-refractivity contribution in [2.75, 3.05) is 6.54 Å². The summed E-state index contributed by atoms with van der Waals surface area (Å²) in [5.74, 6) is 1.32. The third-order valence-corrected chi connectivity index (χ3v) is 3.55. The molecule has 0 radical (unpaired) electrons.